The largest absolute Gasteiger partial charge is 0.504 e. The zero-order chi connectivity index (χ0) is 13.2. The van der Waals surface area contributed by atoms with Gasteiger partial charge in [0.15, 0.2) is 11.5 Å². The second-order valence-electron chi connectivity index (χ2n) is 4.76. The minimum absolute atomic E-state index is 0.0266. The van der Waals surface area contributed by atoms with Crippen molar-refractivity contribution in [2.24, 2.45) is 0 Å². The summed E-state index contributed by atoms with van der Waals surface area (Å²) >= 11 is 0. The average molecular weight is 238 g/mol. The molecule has 0 aliphatic rings. The minimum atomic E-state index is -0.892. The van der Waals surface area contributed by atoms with Gasteiger partial charge in [-0.1, -0.05) is 19.9 Å². The molecule has 4 heteroatoms. The summed E-state index contributed by atoms with van der Waals surface area (Å²) in [6, 6.07) is 3.49. The highest BCUT2D eigenvalue weighted by Crippen LogP contribution is 2.41. The molecule has 17 heavy (non-hydrogen) atoms. The van der Waals surface area contributed by atoms with Crippen LogP contribution in [0.25, 0.3) is 0 Å². The normalized spacial score (nSPS) is 11.3. The first-order valence-electron chi connectivity index (χ1n) is 5.38. The molecular weight excluding hydrogens is 220 g/mol. The summed E-state index contributed by atoms with van der Waals surface area (Å²) in [7, 11) is 1.47. The van der Waals surface area contributed by atoms with Crippen LogP contribution in [0.15, 0.2) is 12.1 Å². The number of phenols is 1. The fourth-order valence-electron chi connectivity index (χ4n) is 2.16. The third kappa shape index (κ3) is 2.70. The van der Waals surface area contributed by atoms with Crippen LogP contribution in [0.2, 0.25) is 0 Å². The van der Waals surface area contributed by atoms with Gasteiger partial charge in [0.1, 0.15) is 0 Å². The van der Waals surface area contributed by atoms with Crippen molar-refractivity contribution in [3.05, 3.63) is 23.3 Å². The van der Waals surface area contributed by atoms with Crippen molar-refractivity contribution in [1.82, 2.24) is 0 Å². The minimum Gasteiger partial charge on any atom is -0.504 e. The molecule has 0 unspecified atom stereocenters. The SMILES string of the molecule is COc1ccc(C)c(C(C)(C)CC(=O)O)c1O. The predicted octanol–water partition coefficient (Wildman–Crippen LogP) is 2.46. The standard InChI is InChI=1S/C13H18O4/c1-8-5-6-9(17-4)12(16)11(8)13(2,3)7-10(14)15/h5-6,16H,7H2,1-4H3,(H,14,15). The van der Waals surface area contributed by atoms with Gasteiger partial charge in [0.25, 0.3) is 0 Å². The Morgan fingerprint density at radius 1 is 1.41 bits per heavy atom. The Kier molecular flexibility index (Phi) is 3.66. The van der Waals surface area contributed by atoms with Crippen molar-refractivity contribution < 1.29 is 19.7 Å². The topological polar surface area (TPSA) is 66.8 Å². The number of hydrogen-bond donors (Lipinski definition) is 2. The fraction of sp³-hybridized carbons (Fsp3) is 0.462. The molecule has 0 aromatic heterocycles. The van der Waals surface area contributed by atoms with Crippen LogP contribution in [-0.2, 0) is 10.2 Å². The molecule has 0 radical (unpaired) electrons. The molecule has 0 aliphatic heterocycles. The number of benzene rings is 1. The lowest BCUT2D eigenvalue weighted by Gasteiger charge is -2.26. The Morgan fingerprint density at radius 3 is 2.47 bits per heavy atom. The van der Waals surface area contributed by atoms with Crippen molar-refractivity contribution in [2.45, 2.75) is 32.6 Å². The smallest absolute Gasteiger partial charge is 0.304 e. The van der Waals surface area contributed by atoms with Crippen LogP contribution in [0.5, 0.6) is 11.5 Å². The quantitative estimate of drug-likeness (QED) is 0.845. The average Bonchev–Trinajstić information content (AvgIpc) is 2.15. The monoisotopic (exact) mass is 238 g/mol. The molecule has 0 aliphatic carbocycles. The Labute approximate surface area is 101 Å². The van der Waals surface area contributed by atoms with Crippen LogP contribution in [0.3, 0.4) is 0 Å². The number of carbonyl (C=O) groups is 1. The van der Waals surface area contributed by atoms with Gasteiger partial charge in [0.2, 0.25) is 0 Å². The van der Waals surface area contributed by atoms with Crippen LogP contribution in [0.4, 0.5) is 0 Å². The molecule has 0 amide bonds. The van der Waals surface area contributed by atoms with Crippen LogP contribution in [0, 0.1) is 6.92 Å². The van der Waals surface area contributed by atoms with Crippen molar-refractivity contribution in [3.8, 4) is 11.5 Å². The first kappa shape index (κ1) is 13.4. The Bertz CT molecular complexity index is 435. The van der Waals surface area contributed by atoms with Crippen LogP contribution >= 0.6 is 0 Å². The number of ether oxygens (including phenoxy) is 1. The number of aryl methyl sites for hydroxylation is 1. The van der Waals surface area contributed by atoms with E-state index < -0.39 is 11.4 Å². The maximum absolute atomic E-state index is 10.9. The van der Waals surface area contributed by atoms with E-state index in [4.69, 9.17) is 9.84 Å². The van der Waals surface area contributed by atoms with E-state index in [1.165, 1.54) is 7.11 Å². The molecule has 0 spiro atoms. The molecule has 0 heterocycles. The summed E-state index contributed by atoms with van der Waals surface area (Å²) in [4.78, 5) is 10.9. The van der Waals surface area contributed by atoms with E-state index in [1.54, 1.807) is 19.9 Å². The Morgan fingerprint density at radius 2 is 2.00 bits per heavy atom. The number of phenolic OH excluding ortho intramolecular Hbond substituents is 1. The number of aromatic hydroxyl groups is 1. The van der Waals surface area contributed by atoms with Crippen molar-refractivity contribution in [2.75, 3.05) is 7.11 Å². The predicted molar refractivity (Wildman–Crippen MR) is 64.7 cm³/mol. The first-order valence-corrected chi connectivity index (χ1v) is 5.38. The molecule has 4 nitrogen and oxygen atoms in total. The third-order valence-corrected chi connectivity index (χ3v) is 2.84. The van der Waals surface area contributed by atoms with Gasteiger partial charge in [0, 0.05) is 11.0 Å². The van der Waals surface area contributed by atoms with E-state index >= 15 is 0 Å². The maximum Gasteiger partial charge on any atom is 0.304 e. The summed E-state index contributed by atoms with van der Waals surface area (Å²) in [6.07, 6.45) is -0.0471. The van der Waals surface area contributed by atoms with Gasteiger partial charge < -0.3 is 14.9 Å². The van der Waals surface area contributed by atoms with Crippen LogP contribution in [-0.4, -0.2) is 23.3 Å². The number of aliphatic carboxylic acids is 1. The van der Waals surface area contributed by atoms with Gasteiger partial charge in [0.05, 0.1) is 13.5 Å². The van der Waals surface area contributed by atoms with E-state index in [0.29, 0.717) is 11.3 Å². The van der Waals surface area contributed by atoms with Crippen LogP contribution in [0.1, 0.15) is 31.4 Å². The van der Waals surface area contributed by atoms with E-state index in [1.807, 2.05) is 13.0 Å². The number of rotatable bonds is 4. The lowest BCUT2D eigenvalue weighted by molar-refractivity contribution is -0.138. The van der Waals surface area contributed by atoms with Crippen molar-refractivity contribution in [3.63, 3.8) is 0 Å². The highest BCUT2D eigenvalue weighted by atomic mass is 16.5. The molecule has 1 aromatic rings. The number of carboxylic acids is 1. The van der Waals surface area contributed by atoms with Gasteiger partial charge >= 0.3 is 5.97 Å². The number of methoxy groups -OCH3 is 1. The van der Waals surface area contributed by atoms with Crippen molar-refractivity contribution >= 4 is 5.97 Å². The highest BCUT2D eigenvalue weighted by molar-refractivity contribution is 5.70. The maximum atomic E-state index is 10.9. The molecule has 0 bridgehead atoms. The highest BCUT2D eigenvalue weighted by Gasteiger charge is 2.30. The first-order chi connectivity index (χ1) is 7.79. The molecule has 1 aromatic carbocycles. The lowest BCUT2D eigenvalue weighted by atomic mass is 9.78. The summed E-state index contributed by atoms with van der Waals surface area (Å²) in [5.41, 5.74) is 0.836. The second-order valence-corrected chi connectivity index (χ2v) is 4.76. The Balaban J connectivity index is 3.33. The van der Waals surface area contributed by atoms with E-state index in [9.17, 15) is 9.90 Å². The second kappa shape index (κ2) is 4.65. The van der Waals surface area contributed by atoms with E-state index in [2.05, 4.69) is 0 Å². The van der Waals surface area contributed by atoms with Gasteiger partial charge in [-0.3, -0.25) is 4.79 Å². The molecule has 0 saturated carbocycles. The molecule has 0 fully saturated rings. The van der Waals surface area contributed by atoms with Crippen molar-refractivity contribution in [1.29, 1.82) is 0 Å². The summed E-state index contributed by atoms with van der Waals surface area (Å²) in [6.45, 7) is 5.43. The molecular formula is C13H18O4. The summed E-state index contributed by atoms with van der Waals surface area (Å²) in [5.74, 6) is -0.501. The number of carboxylic acid groups (broad SMARTS) is 1. The molecule has 2 N–H and O–H groups in total. The Hall–Kier alpha value is -1.71. The lowest BCUT2D eigenvalue weighted by Crippen LogP contribution is -2.23. The van der Waals surface area contributed by atoms with Gasteiger partial charge in [-0.2, -0.15) is 0 Å². The number of hydrogen-bond acceptors (Lipinski definition) is 3. The summed E-state index contributed by atoms with van der Waals surface area (Å²) in [5, 5.41) is 19.0. The zero-order valence-electron chi connectivity index (χ0n) is 10.6. The molecule has 1 rings (SSSR count). The summed E-state index contributed by atoms with van der Waals surface area (Å²) < 4.78 is 5.04. The van der Waals surface area contributed by atoms with Gasteiger partial charge in [-0.15, -0.1) is 0 Å². The van der Waals surface area contributed by atoms with E-state index in [-0.39, 0.29) is 12.2 Å². The zero-order valence-corrected chi connectivity index (χ0v) is 10.6. The molecule has 0 atom stereocenters. The third-order valence-electron chi connectivity index (χ3n) is 2.84. The molecule has 94 valence electrons. The van der Waals surface area contributed by atoms with E-state index in [0.717, 1.165) is 5.56 Å². The van der Waals surface area contributed by atoms with Gasteiger partial charge in [-0.25, -0.2) is 0 Å². The van der Waals surface area contributed by atoms with Gasteiger partial charge in [-0.05, 0) is 18.6 Å². The molecule has 0 saturated heterocycles. The fourth-order valence-corrected chi connectivity index (χ4v) is 2.16. The van der Waals surface area contributed by atoms with Crippen LogP contribution < -0.4 is 4.74 Å².